The summed E-state index contributed by atoms with van der Waals surface area (Å²) in [5, 5.41) is 0. The molecule has 1 aromatic carbocycles. The number of aryl methyl sites for hydroxylation is 1. The monoisotopic (exact) mass is 244 g/mol. The molecule has 16 heavy (non-hydrogen) atoms. The van der Waals surface area contributed by atoms with E-state index in [1.165, 1.54) is 6.07 Å². The molecule has 1 atom stereocenters. The largest absolute Gasteiger partial charge is 0.494 e. The number of rotatable bonds is 6. The maximum atomic E-state index is 13.0. The summed E-state index contributed by atoms with van der Waals surface area (Å²) < 4.78 is 18.5. The third-order valence-electron chi connectivity index (χ3n) is 2.61. The lowest BCUT2D eigenvalue weighted by Crippen LogP contribution is -2.05. The van der Waals surface area contributed by atoms with Gasteiger partial charge in [0.05, 0.1) is 6.61 Å². The maximum absolute atomic E-state index is 13.0. The van der Waals surface area contributed by atoms with Crippen molar-refractivity contribution >= 4 is 11.6 Å². The summed E-state index contributed by atoms with van der Waals surface area (Å²) in [6.07, 6.45) is 1.98. The molecule has 0 amide bonds. The van der Waals surface area contributed by atoms with Crippen molar-refractivity contribution in [3.8, 4) is 5.75 Å². The molecule has 1 unspecified atom stereocenters. The van der Waals surface area contributed by atoms with Gasteiger partial charge in [0, 0.05) is 5.88 Å². The average Bonchev–Trinajstić information content (AvgIpc) is 2.24. The zero-order valence-corrected chi connectivity index (χ0v) is 10.6. The van der Waals surface area contributed by atoms with Crippen molar-refractivity contribution in [1.82, 2.24) is 0 Å². The lowest BCUT2D eigenvalue weighted by atomic mass is 10.1. The van der Waals surface area contributed by atoms with E-state index in [9.17, 15) is 4.39 Å². The third-order valence-corrected chi connectivity index (χ3v) is 2.83. The lowest BCUT2D eigenvalue weighted by molar-refractivity contribution is 0.281. The first kappa shape index (κ1) is 13.3. The summed E-state index contributed by atoms with van der Waals surface area (Å²) in [6, 6.07) is 4.82. The molecule has 0 fully saturated rings. The van der Waals surface area contributed by atoms with Gasteiger partial charge in [-0.15, -0.1) is 11.6 Å². The van der Waals surface area contributed by atoms with E-state index in [1.54, 1.807) is 19.1 Å². The van der Waals surface area contributed by atoms with Crippen molar-refractivity contribution in [3.05, 3.63) is 29.6 Å². The van der Waals surface area contributed by atoms with E-state index < -0.39 is 0 Å². The standard InChI is InChI=1S/C13H18ClFO/c1-10(5-7-14)6-8-16-12-3-4-13(15)11(2)9-12/h3-4,9-10H,5-8H2,1-2H3. The van der Waals surface area contributed by atoms with Gasteiger partial charge < -0.3 is 4.74 Å². The fourth-order valence-electron chi connectivity index (χ4n) is 1.42. The molecule has 0 aliphatic rings. The van der Waals surface area contributed by atoms with Gasteiger partial charge in [-0.05, 0) is 49.4 Å². The van der Waals surface area contributed by atoms with Crippen LogP contribution >= 0.6 is 11.6 Å². The van der Waals surface area contributed by atoms with Gasteiger partial charge in [0.1, 0.15) is 11.6 Å². The molecule has 0 spiro atoms. The van der Waals surface area contributed by atoms with Crippen molar-refractivity contribution < 1.29 is 9.13 Å². The van der Waals surface area contributed by atoms with Crippen molar-refractivity contribution in [2.24, 2.45) is 5.92 Å². The highest BCUT2D eigenvalue weighted by Gasteiger charge is 2.03. The summed E-state index contributed by atoms with van der Waals surface area (Å²) >= 11 is 5.65. The Morgan fingerprint density at radius 3 is 2.75 bits per heavy atom. The molecule has 0 aliphatic heterocycles. The van der Waals surface area contributed by atoms with Crippen LogP contribution in [0.25, 0.3) is 0 Å². The quantitative estimate of drug-likeness (QED) is 0.683. The van der Waals surface area contributed by atoms with Crippen LogP contribution in [0.3, 0.4) is 0 Å². The van der Waals surface area contributed by atoms with E-state index in [-0.39, 0.29) is 5.82 Å². The van der Waals surface area contributed by atoms with E-state index in [1.807, 2.05) is 0 Å². The van der Waals surface area contributed by atoms with Crippen LogP contribution in [0.5, 0.6) is 5.75 Å². The van der Waals surface area contributed by atoms with Crippen LogP contribution in [0, 0.1) is 18.7 Å². The summed E-state index contributed by atoms with van der Waals surface area (Å²) in [7, 11) is 0. The predicted octanol–water partition coefficient (Wildman–Crippen LogP) is 4.17. The van der Waals surface area contributed by atoms with Crippen LogP contribution in [0.1, 0.15) is 25.3 Å². The zero-order chi connectivity index (χ0) is 12.0. The van der Waals surface area contributed by atoms with E-state index in [0.717, 1.165) is 18.6 Å². The topological polar surface area (TPSA) is 9.23 Å². The Labute approximate surface area is 102 Å². The Kier molecular flexibility index (Phi) is 5.61. The van der Waals surface area contributed by atoms with E-state index in [2.05, 4.69) is 6.92 Å². The molecule has 0 N–H and O–H groups in total. The number of hydrogen-bond acceptors (Lipinski definition) is 1. The minimum Gasteiger partial charge on any atom is -0.494 e. The van der Waals surface area contributed by atoms with E-state index >= 15 is 0 Å². The second-order valence-corrected chi connectivity index (χ2v) is 4.51. The summed E-state index contributed by atoms with van der Waals surface area (Å²) in [5.74, 6) is 1.80. The molecule has 3 heteroatoms. The summed E-state index contributed by atoms with van der Waals surface area (Å²) in [6.45, 7) is 4.54. The Morgan fingerprint density at radius 2 is 2.12 bits per heavy atom. The molecular weight excluding hydrogens is 227 g/mol. The Bertz CT molecular complexity index is 328. The van der Waals surface area contributed by atoms with Gasteiger partial charge in [-0.3, -0.25) is 0 Å². The molecule has 0 aliphatic carbocycles. The number of alkyl halides is 1. The highest BCUT2D eigenvalue weighted by atomic mass is 35.5. The number of hydrogen-bond donors (Lipinski definition) is 0. The predicted molar refractivity (Wildman–Crippen MR) is 65.8 cm³/mol. The normalized spacial score (nSPS) is 12.5. The van der Waals surface area contributed by atoms with E-state index in [4.69, 9.17) is 16.3 Å². The second-order valence-electron chi connectivity index (χ2n) is 4.13. The average molecular weight is 245 g/mol. The van der Waals surface area contributed by atoms with Gasteiger partial charge in [-0.2, -0.15) is 0 Å². The van der Waals surface area contributed by atoms with Gasteiger partial charge in [0.15, 0.2) is 0 Å². The zero-order valence-electron chi connectivity index (χ0n) is 9.80. The minimum atomic E-state index is -0.192. The number of ether oxygens (including phenoxy) is 1. The van der Waals surface area contributed by atoms with Crippen LogP contribution < -0.4 is 4.74 Å². The first-order valence-corrected chi connectivity index (χ1v) is 6.12. The van der Waals surface area contributed by atoms with Crippen LogP contribution in [0.4, 0.5) is 4.39 Å². The van der Waals surface area contributed by atoms with Crippen LogP contribution in [0.15, 0.2) is 18.2 Å². The third kappa shape index (κ3) is 4.40. The van der Waals surface area contributed by atoms with Gasteiger partial charge in [0.25, 0.3) is 0 Å². The Hall–Kier alpha value is -0.760. The molecule has 0 bridgehead atoms. The molecule has 90 valence electrons. The lowest BCUT2D eigenvalue weighted by Gasteiger charge is -2.11. The van der Waals surface area contributed by atoms with Gasteiger partial charge in [-0.1, -0.05) is 6.92 Å². The molecule has 0 heterocycles. The minimum absolute atomic E-state index is 0.192. The summed E-state index contributed by atoms with van der Waals surface area (Å²) in [5.41, 5.74) is 0.617. The van der Waals surface area contributed by atoms with Crippen molar-refractivity contribution in [2.75, 3.05) is 12.5 Å². The SMILES string of the molecule is Cc1cc(OCCC(C)CCCl)ccc1F. The number of benzene rings is 1. The highest BCUT2D eigenvalue weighted by molar-refractivity contribution is 6.17. The molecule has 0 saturated heterocycles. The highest BCUT2D eigenvalue weighted by Crippen LogP contribution is 2.17. The fraction of sp³-hybridized carbons (Fsp3) is 0.538. The molecule has 0 aromatic heterocycles. The molecule has 0 radical (unpaired) electrons. The maximum Gasteiger partial charge on any atom is 0.126 e. The van der Waals surface area contributed by atoms with Crippen LogP contribution in [0.2, 0.25) is 0 Å². The van der Waals surface area contributed by atoms with Gasteiger partial charge in [0.2, 0.25) is 0 Å². The van der Waals surface area contributed by atoms with Gasteiger partial charge in [-0.25, -0.2) is 4.39 Å². The first-order chi connectivity index (χ1) is 7.63. The molecule has 0 saturated carbocycles. The van der Waals surface area contributed by atoms with Crippen molar-refractivity contribution in [3.63, 3.8) is 0 Å². The van der Waals surface area contributed by atoms with Gasteiger partial charge >= 0.3 is 0 Å². The second kappa shape index (κ2) is 6.74. The number of halogens is 2. The first-order valence-electron chi connectivity index (χ1n) is 5.58. The molecule has 1 rings (SSSR count). The van der Waals surface area contributed by atoms with E-state index in [0.29, 0.717) is 24.0 Å². The van der Waals surface area contributed by atoms with Crippen molar-refractivity contribution in [2.45, 2.75) is 26.7 Å². The molecule has 1 aromatic rings. The van der Waals surface area contributed by atoms with Crippen LogP contribution in [-0.4, -0.2) is 12.5 Å². The smallest absolute Gasteiger partial charge is 0.126 e. The Balaban J connectivity index is 2.34. The molecule has 1 nitrogen and oxygen atoms in total. The Morgan fingerprint density at radius 1 is 1.38 bits per heavy atom. The summed E-state index contributed by atoms with van der Waals surface area (Å²) in [4.78, 5) is 0. The van der Waals surface area contributed by atoms with Crippen LogP contribution in [-0.2, 0) is 0 Å². The molecular formula is C13H18ClFO. The fourth-order valence-corrected chi connectivity index (χ4v) is 1.79. The van der Waals surface area contributed by atoms with Crippen molar-refractivity contribution in [1.29, 1.82) is 0 Å².